The molecule has 0 atom stereocenters. The lowest BCUT2D eigenvalue weighted by Crippen LogP contribution is -2.30. The van der Waals surface area contributed by atoms with Crippen molar-refractivity contribution in [3.8, 4) is 0 Å². The maximum atomic E-state index is 12.6. The Balaban J connectivity index is 1.51. The van der Waals surface area contributed by atoms with Gasteiger partial charge in [0.2, 0.25) is 0 Å². The summed E-state index contributed by atoms with van der Waals surface area (Å²) in [6.45, 7) is 0.659. The van der Waals surface area contributed by atoms with Crippen LogP contribution in [-0.4, -0.2) is 25.8 Å². The van der Waals surface area contributed by atoms with Gasteiger partial charge in [-0.3, -0.25) is 4.72 Å². The largest absolute Gasteiger partial charge is 0.362 e. The van der Waals surface area contributed by atoms with E-state index >= 15 is 0 Å². The minimum absolute atomic E-state index is 0.150. The number of para-hydroxylation sites is 1. The maximum Gasteiger partial charge on any atom is 0.261 e. The van der Waals surface area contributed by atoms with Crippen LogP contribution in [0, 0.1) is 0 Å². The number of halogens is 1. The summed E-state index contributed by atoms with van der Waals surface area (Å²) in [5.41, 5.74) is 1.10. The van der Waals surface area contributed by atoms with Crippen molar-refractivity contribution in [2.24, 2.45) is 0 Å². The van der Waals surface area contributed by atoms with Gasteiger partial charge in [0, 0.05) is 33.6 Å². The molecule has 0 aliphatic rings. The van der Waals surface area contributed by atoms with E-state index in [1.54, 1.807) is 54.2 Å². The van der Waals surface area contributed by atoms with Gasteiger partial charge >= 0.3 is 0 Å². The molecule has 3 aromatic carbocycles. The highest BCUT2D eigenvalue weighted by Crippen LogP contribution is 2.20. The molecule has 0 amide bonds. The monoisotopic (exact) mass is 477 g/mol. The predicted molar refractivity (Wildman–Crippen MR) is 130 cm³/mol. The molecule has 0 aliphatic carbocycles. The molecule has 3 rings (SSSR count). The molecule has 0 saturated carbocycles. The molecule has 0 aliphatic heterocycles. The summed E-state index contributed by atoms with van der Waals surface area (Å²) in [4.78, 5) is 1.28. The molecule has 0 aromatic heterocycles. The van der Waals surface area contributed by atoms with Crippen LogP contribution in [-0.2, 0) is 10.0 Å². The van der Waals surface area contributed by atoms with E-state index in [-0.39, 0.29) is 4.90 Å². The molecule has 3 aromatic rings. The van der Waals surface area contributed by atoms with Crippen molar-refractivity contribution in [2.75, 3.05) is 22.3 Å². The van der Waals surface area contributed by atoms with Crippen molar-refractivity contribution in [2.45, 2.75) is 9.79 Å². The SMILES string of the molecule is O=S(=O)(Nc1ccccc1)c1cccc(NC(=S)NCCSc2ccc(Cl)cc2)c1. The third-order valence-electron chi connectivity index (χ3n) is 3.90. The molecule has 3 N–H and O–H groups in total. The molecule has 5 nitrogen and oxygen atoms in total. The van der Waals surface area contributed by atoms with Crippen LogP contribution in [0.2, 0.25) is 5.02 Å². The van der Waals surface area contributed by atoms with E-state index < -0.39 is 10.0 Å². The third-order valence-corrected chi connectivity index (χ3v) is 6.79. The summed E-state index contributed by atoms with van der Waals surface area (Å²) in [7, 11) is -3.69. The van der Waals surface area contributed by atoms with Crippen LogP contribution in [0.25, 0.3) is 0 Å². The van der Waals surface area contributed by atoms with Crippen LogP contribution >= 0.6 is 35.6 Å². The zero-order valence-corrected chi connectivity index (χ0v) is 19.0. The van der Waals surface area contributed by atoms with Gasteiger partial charge in [-0.25, -0.2) is 8.42 Å². The Morgan fingerprint density at radius 1 is 0.933 bits per heavy atom. The summed E-state index contributed by atoms with van der Waals surface area (Å²) >= 11 is 12.9. The molecule has 0 unspecified atom stereocenters. The number of nitrogens with one attached hydrogen (secondary N) is 3. The normalized spacial score (nSPS) is 11.0. The highest BCUT2D eigenvalue weighted by molar-refractivity contribution is 7.99. The predicted octanol–water partition coefficient (Wildman–Crippen LogP) is 5.22. The summed E-state index contributed by atoms with van der Waals surface area (Å²) < 4.78 is 27.8. The molecule has 30 heavy (non-hydrogen) atoms. The van der Waals surface area contributed by atoms with E-state index in [1.165, 1.54) is 6.07 Å². The van der Waals surface area contributed by atoms with E-state index in [0.717, 1.165) is 10.6 Å². The Hall–Kier alpha value is -2.26. The lowest BCUT2D eigenvalue weighted by molar-refractivity contribution is 0.601. The summed E-state index contributed by atoms with van der Waals surface area (Å²) in [6, 6.07) is 22.9. The van der Waals surface area contributed by atoms with Crippen molar-refractivity contribution in [1.82, 2.24) is 5.32 Å². The summed E-state index contributed by atoms with van der Waals surface area (Å²) in [5, 5.41) is 7.29. The first-order valence-electron chi connectivity index (χ1n) is 9.03. The molecule has 0 saturated heterocycles. The fourth-order valence-electron chi connectivity index (χ4n) is 2.50. The molecule has 156 valence electrons. The van der Waals surface area contributed by atoms with E-state index in [0.29, 0.717) is 28.1 Å². The first-order chi connectivity index (χ1) is 14.4. The van der Waals surface area contributed by atoms with Gasteiger partial charge in [0.15, 0.2) is 5.11 Å². The van der Waals surface area contributed by atoms with Crippen molar-refractivity contribution in [1.29, 1.82) is 0 Å². The lowest BCUT2D eigenvalue weighted by atomic mass is 10.3. The Morgan fingerprint density at radius 3 is 2.37 bits per heavy atom. The van der Waals surface area contributed by atoms with Crippen molar-refractivity contribution < 1.29 is 8.42 Å². The Labute approximate surface area is 191 Å². The number of benzene rings is 3. The number of hydrogen-bond acceptors (Lipinski definition) is 4. The van der Waals surface area contributed by atoms with Gasteiger partial charge in [0.1, 0.15) is 0 Å². The Bertz CT molecular complexity index is 1090. The number of thioether (sulfide) groups is 1. The van der Waals surface area contributed by atoms with Crippen LogP contribution in [0.1, 0.15) is 0 Å². The minimum Gasteiger partial charge on any atom is -0.362 e. The summed E-state index contributed by atoms with van der Waals surface area (Å²) in [5.74, 6) is 0.818. The maximum absolute atomic E-state index is 12.6. The van der Waals surface area contributed by atoms with E-state index in [1.807, 2.05) is 30.3 Å². The van der Waals surface area contributed by atoms with Gasteiger partial charge in [0.05, 0.1) is 4.90 Å². The molecule has 0 heterocycles. The zero-order valence-electron chi connectivity index (χ0n) is 15.8. The highest BCUT2D eigenvalue weighted by atomic mass is 35.5. The lowest BCUT2D eigenvalue weighted by Gasteiger charge is -2.12. The Morgan fingerprint density at radius 2 is 1.63 bits per heavy atom. The first-order valence-corrected chi connectivity index (χ1v) is 12.3. The standard InChI is InChI=1S/C21H20ClN3O2S3/c22-16-9-11-19(12-10-16)29-14-13-23-21(28)24-18-7-4-8-20(15-18)30(26,27)25-17-5-2-1-3-6-17/h1-12,15,25H,13-14H2,(H2,23,24,28). The number of thiocarbonyl (C=S) groups is 1. The fourth-order valence-corrected chi connectivity index (χ4v) is 4.72. The smallest absolute Gasteiger partial charge is 0.261 e. The highest BCUT2D eigenvalue weighted by Gasteiger charge is 2.14. The van der Waals surface area contributed by atoms with E-state index in [9.17, 15) is 8.42 Å². The average Bonchev–Trinajstić information content (AvgIpc) is 2.73. The molecule has 9 heteroatoms. The van der Waals surface area contributed by atoms with Crippen LogP contribution in [0.4, 0.5) is 11.4 Å². The quantitative estimate of drug-likeness (QED) is 0.235. The van der Waals surface area contributed by atoms with Crippen LogP contribution < -0.4 is 15.4 Å². The second-order valence-corrected chi connectivity index (χ2v) is 9.88. The fraction of sp³-hybridized carbons (Fsp3) is 0.0952. The molecule has 0 fully saturated rings. The first kappa shape index (κ1) is 22.4. The second kappa shape index (κ2) is 10.7. The molecule has 0 spiro atoms. The van der Waals surface area contributed by atoms with Gasteiger partial charge in [-0.15, -0.1) is 11.8 Å². The number of rotatable bonds is 8. The van der Waals surface area contributed by atoms with E-state index in [2.05, 4.69) is 15.4 Å². The molecule has 0 bridgehead atoms. The Kier molecular flexibility index (Phi) is 7.98. The topological polar surface area (TPSA) is 70.2 Å². The van der Waals surface area contributed by atoms with Crippen molar-refractivity contribution >= 4 is 62.1 Å². The van der Waals surface area contributed by atoms with Crippen LogP contribution in [0.5, 0.6) is 0 Å². The number of anilines is 2. The zero-order chi connectivity index (χ0) is 21.4. The van der Waals surface area contributed by atoms with Gasteiger partial charge in [-0.05, 0) is 66.8 Å². The average molecular weight is 478 g/mol. The second-order valence-electron chi connectivity index (χ2n) is 6.18. The molecular formula is C21H20ClN3O2S3. The molecule has 0 radical (unpaired) electrons. The van der Waals surface area contributed by atoms with Crippen molar-refractivity contribution in [3.63, 3.8) is 0 Å². The third kappa shape index (κ3) is 6.91. The minimum atomic E-state index is -3.69. The van der Waals surface area contributed by atoms with E-state index in [4.69, 9.17) is 23.8 Å². The summed E-state index contributed by atoms with van der Waals surface area (Å²) in [6.07, 6.45) is 0. The van der Waals surface area contributed by atoms with Crippen molar-refractivity contribution in [3.05, 3.63) is 83.9 Å². The van der Waals surface area contributed by atoms with Gasteiger partial charge in [-0.2, -0.15) is 0 Å². The van der Waals surface area contributed by atoms with Gasteiger partial charge in [0.25, 0.3) is 10.0 Å². The van der Waals surface area contributed by atoms with Crippen LogP contribution in [0.15, 0.2) is 88.7 Å². The van der Waals surface area contributed by atoms with Gasteiger partial charge in [-0.1, -0.05) is 35.9 Å². The molecular weight excluding hydrogens is 458 g/mol. The number of sulfonamides is 1. The number of hydrogen-bond donors (Lipinski definition) is 3. The van der Waals surface area contributed by atoms with Gasteiger partial charge < -0.3 is 10.6 Å². The van der Waals surface area contributed by atoms with Crippen LogP contribution in [0.3, 0.4) is 0 Å².